The smallest absolute Gasteiger partial charge is 0.462 e. The summed E-state index contributed by atoms with van der Waals surface area (Å²) in [4.78, 5) is 72.2. The standard InChI is InChI=1S/C64H124O17P2/c1-54(2)40-32-24-16-12-10-9-11-13-19-30-38-46-63(68)80-59(50-74-61(66)44-36-28-20-14-17-25-33-41-55(3)4)52-78-82(70,71)76-48-58(65)49-77-83(72,73)79-53-60(51-75-62(67)45-37-29-23-22-27-35-43-57(7)8)81-64(69)47-39-31-21-15-18-26-34-42-56(5)6/h54-60,65H,9-53H2,1-8H3,(H,70,71)(H,72,73)/t58?,59-,60-/m1/s1. The van der Waals surface area contributed by atoms with Gasteiger partial charge in [-0.15, -0.1) is 0 Å². The summed E-state index contributed by atoms with van der Waals surface area (Å²) < 4.78 is 67.9. The zero-order chi connectivity index (χ0) is 61.8. The van der Waals surface area contributed by atoms with Gasteiger partial charge in [-0.05, 0) is 49.4 Å². The molecule has 0 aliphatic rings. The fourth-order valence-electron chi connectivity index (χ4n) is 9.43. The molecule has 83 heavy (non-hydrogen) atoms. The van der Waals surface area contributed by atoms with Crippen molar-refractivity contribution in [1.29, 1.82) is 0 Å². The second kappa shape index (κ2) is 54.2. The minimum Gasteiger partial charge on any atom is -0.462 e. The van der Waals surface area contributed by atoms with Crippen LogP contribution in [-0.2, 0) is 65.4 Å². The third kappa shape index (κ3) is 58.8. The van der Waals surface area contributed by atoms with E-state index in [4.69, 9.17) is 37.0 Å². The third-order valence-corrected chi connectivity index (χ3v) is 16.5. The summed E-state index contributed by atoms with van der Waals surface area (Å²) in [6.45, 7) is 13.9. The molecule has 0 bridgehead atoms. The van der Waals surface area contributed by atoms with Gasteiger partial charge >= 0.3 is 39.5 Å². The number of hydrogen-bond acceptors (Lipinski definition) is 15. The second-order valence-electron chi connectivity index (χ2n) is 25.1. The van der Waals surface area contributed by atoms with E-state index in [2.05, 4.69) is 55.4 Å². The summed E-state index contributed by atoms with van der Waals surface area (Å²) in [7, 11) is -9.89. The molecule has 0 aliphatic carbocycles. The van der Waals surface area contributed by atoms with Crippen molar-refractivity contribution >= 4 is 39.5 Å². The number of aliphatic hydroxyl groups is 1. The number of hydrogen-bond donors (Lipinski definition) is 3. The lowest BCUT2D eigenvalue weighted by molar-refractivity contribution is -0.161. The Balaban J connectivity index is 5.24. The molecular weight excluding hydrogens is 1100 g/mol. The lowest BCUT2D eigenvalue weighted by Gasteiger charge is -2.21. The number of esters is 4. The van der Waals surface area contributed by atoms with Gasteiger partial charge in [0.25, 0.3) is 0 Å². The Morgan fingerprint density at radius 3 is 0.747 bits per heavy atom. The van der Waals surface area contributed by atoms with Crippen LogP contribution in [0.3, 0.4) is 0 Å². The highest BCUT2D eigenvalue weighted by Gasteiger charge is 2.30. The maximum atomic E-state index is 13.0. The van der Waals surface area contributed by atoms with Crippen LogP contribution in [0.5, 0.6) is 0 Å². The highest BCUT2D eigenvalue weighted by Crippen LogP contribution is 2.45. The van der Waals surface area contributed by atoms with Gasteiger partial charge in [-0.2, -0.15) is 0 Å². The molecule has 492 valence electrons. The van der Waals surface area contributed by atoms with Crippen LogP contribution in [0.15, 0.2) is 0 Å². The van der Waals surface area contributed by atoms with Crippen molar-refractivity contribution in [3.63, 3.8) is 0 Å². The van der Waals surface area contributed by atoms with Gasteiger partial charge in [-0.3, -0.25) is 37.3 Å². The number of rotatable bonds is 61. The number of unbranched alkanes of at least 4 members (excludes halogenated alkanes) is 27. The molecule has 17 nitrogen and oxygen atoms in total. The molecule has 3 unspecified atom stereocenters. The molecule has 0 rings (SSSR count). The molecule has 19 heteroatoms. The van der Waals surface area contributed by atoms with Crippen molar-refractivity contribution in [1.82, 2.24) is 0 Å². The molecule has 0 aliphatic heterocycles. The first-order chi connectivity index (χ1) is 39.6. The van der Waals surface area contributed by atoms with E-state index >= 15 is 0 Å². The SMILES string of the molecule is CC(C)CCCCCCCCCCCCCC(=O)O[C@H](COC(=O)CCCCCCCCCC(C)C)COP(=O)(O)OCC(O)COP(=O)(O)OC[C@@H](COC(=O)CCCCCCCCC(C)C)OC(=O)CCCCCCCCCC(C)C. The van der Waals surface area contributed by atoms with Gasteiger partial charge in [0.15, 0.2) is 12.2 Å². The first-order valence-corrected chi connectivity index (χ1v) is 36.2. The van der Waals surface area contributed by atoms with Crippen LogP contribution in [0.25, 0.3) is 0 Å². The largest absolute Gasteiger partial charge is 0.472 e. The van der Waals surface area contributed by atoms with Gasteiger partial charge in [0.05, 0.1) is 26.4 Å². The van der Waals surface area contributed by atoms with Crippen LogP contribution < -0.4 is 0 Å². The van der Waals surface area contributed by atoms with Gasteiger partial charge in [0.2, 0.25) is 0 Å². The van der Waals surface area contributed by atoms with Crippen molar-refractivity contribution < 1.29 is 80.2 Å². The van der Waals surface area contributed by atoms with E-state index in [1.165, 1.54) is 96.3 Å². The quantitative estimate of drug-likeness (QED) is 0.0222. The third-order valence-electron chi connectivity index (χ3n) is 14.6. The average Bonchev–Trinajstić information content (AvgIpc) is 3.43. The number of aliphatic hydroxyl groups excluding tert-OH is 1. The predicted molar refractivity (Wildman–Crippen MR) is 331 cm³/mol. The van der Waals surface area contributed by atoms with E-state index in [1.54, 1.807) is 0 Å². The molecule has 5 atom stereocenters. The number of phosphoric ester groups is 2. The first kappa shape index (κ1) is 81.1. The summed E-state index contributed by atoms with van der Waals surface area (Å²) in [5.74, 6) is 0.703. The fourth-order valence-corrected chi connectivity index (χ4v) is 11.0. The van der Waals surface area contributed by atoms with Crippen LogP contribution in [-0.4, -0.2) is 96.7 Å². The summed E-state index contributed by atoms with van der Waals surface area (Å²) in [6, 6.07) is 0. The van der Waals surface area contributed by atoms with E-state index < -0.39 is 97.5 Å². The Bertz CT molecular complexity index is 1660. The van der Waals surface area contributed by atoms with Crippen molar-refractivity contribution in [3.05, 3.63) is 0 Å². The molecule has 0 fully saturated rings. The fraction of sp³-hybridized carbons (Fsp3) is 0.938. The molecule has 0 amide bonds. The van der Waals surface area contributed by atoms with Gasteiger partial charge in [0.1, 0.15) is 19.3 Å². The monoisotopic (exact) mass is 1230 g/mol. The molecule has 3 N–H and O–H groups in total. The lowest BCUT2D eigenvalue weighted by atomic mass is 10.0. The predicted octanol–water partition coefficient (Wildman–Crippen LogP) is 17.4. The first-order valence-electron chi connectivity index (χ1n) is 33.2. The van der Waals surface area contributed by atoms with Crippen molar-refractivity contribution in [2.24, 2.45) is 23.7 Å². The zero-order valence-electron chi connectivity index (χ0n) is 53.8. The highest BCUT2D eigenvalue weighted by molar-refractivity contribution is 7.47. The minimum absolute atomic E-state index is 0.102. The number of carbonyl (C=O) groups excluding carboxylic acids is 4. The molecule has 0 aromatic heterocycles. The van der Waals surface area contributed by atoms with Crippen molar-refractivity contribution in [3.8, 4) is 0 Å². The molecule has 0 saturated carbocycles. The van der Waals surface area contributed by atoms with Crippen LogP contribution in [0.2, 0.25) is 0 Å². The van der Waals surface area contributed by atoms with Gasteiger partial charge in [0, 0.05) is 25.7 Å². The molecule has 0 aromatic carbocycles. The lowest BCUT2D eigenvalue weighted by Crippen LogP contribution is -2.30. The summed E-state index contributed by atoms with van der Waals surface area (Å²) >= 11 is 0. The van der Waals surface area contributed by atoms with Crippen LogP contribution in [0.1, 0.15) is 306 Å². The Morgan fingerprint density at radius 2 is 0.506 bits per heavy atom. The van der Waals surface area contributed by atoms with Crippen LogP contribution in [0, 0.1) is 23.7 Å². The molecule has 0 aromatic rings. The van der Waals surface area contributed by atoms with E-state index in [1.807, 2.05) is 0 Å². The normalized spacial score (nSPS) is 14.4. The maximum Gasteiger partial charge on any atom is 0.472 e. The Labute approximate surface area is 505 Å². The maximum absolute atomic E-state index is 13.0. The van der Waals surface area contributed by atoms with E-state index in [9.17, 15) is 43.2 Å². The molecule has 0 saturated heterocycles. The number of ether oxygens (including phenoxy) is 4. The number of carbonyl (C=O) groups is 4. The van der Waals surface area contributed by atoms with E-state index in [-0.39, 0.29) is 25.7 Å². The molecule has 0 radical (unpaired) electrons. The van der Waals surface area contributed by atoms with Gasteiger partial charge in [-0.1, -0.05) is 254 Å². The average molecular weight is 1230 g/mol. The van der Waals surface area contributed by atoms with Gasteiger partial charge in [-0.25, -0.2) is 9.13 Å². The summed E-state index contributed by atoms with van der Waals surface area (Å²) in [5.41, 5.74) is 0. The van der Waals surface area contributed by atoms with E-state index in [0.29, 0.717) is 43.4 Å². The van der Waals surface area contributed by atoms with Gasteiger partial charge < -0.3 is 33.8 Å². The summed E-state index contributed by atoms with van der Waals surface area (Å²) in [5, 5.41) is 10.5. The minimum atomic E-state index is -4.95. The van der Waals surface area contributed by atoms with Crippen LogP contribution >= 0.6 is 15.6 Å². The molecular formula is C64H124O17P2. The van der Waals surface area contributed by atoms with Crippen LogP contribution in [0.4, 0.5) is 0 Å². The second-order valence-corrected chi connectivity index (χ2v) is 28.0. The Hall–Kier alpha value is -1.94. The molecule has 0 spiro atoms. The highest BCUT2D eigenvalue weighted by atomic mass is 31.2. The summed E-state index contributed by atoms with van der Waals surface area (Å²) in [6.07, 6.45) is 33.8. The Morgan fingerprint density at radius 1 is 0.301 bits per heavy atom. The number of phosphoric acid groups is 2. The van der Waals surface area contributed by atoms with Crippen molar-refractivity contribution in [2.45, 2.75) is 324 Å². The Kier molecular flexibility index (Phi) is 53.0. The van der Waals surface area contributed by atoms with Crippen molar-refractivity contribution in [2.75, 3.05) is 39.6 Å². The molecule has 0 heterocycles. The topological polar surface area (TPSA) is 237 Å². The van der Waals surface area contributed by atoms with E-state index in [0.717, 1.165) is 109 Å². The zero-order valence-corrected chi connectivity index (χ0v) is 55.6.